The van der Waals surface area contributed by atoms with Gasteiger partial charge in [-0.05, 0) is 38.5 Å². The zero-order valence-electron chi connectivity index (χ0n) is 12.6. The Morgan fingerprint density at radius 3 is 2.77 bits per heavy atom. The molecule has 0 fully saturated rings. The summed E-state index contributed by atoms with van der Waals surface area (Å²) in [5.74, 6) is -0.631. The maximum Gasteiger partial charge on any atom is 0.238 e. The zero-order valence-corrected chi connectivity index (χ0v) is 13.4. The summed E-state index contributed by atoms with van der Waals surface area (Å²) in [5, 5.41) is 12.8. The van der Waals surface area contributed by atoms with Gasteiger partial charge in [0.2, 0.25) is 5.91 Å². The van der Waals surface area contributed by atoms with Gasteiger partial charge < -0.3 is 10.6 Å². The van der Waals surface area contributed by atoms with Gasteiger partial charge in [-0.25, -0.2) is 4.39 Å². The van der Waals surface area contributed by atoms with Gasteiger partial charge in [0.05, 0.1) is 28.6 Å². The van der Waals surface area contributed by atoms with Crippen LogP contribution in [0.4, 0.5) is 10.1 Å². The van der Waals surface area contributed by atoms with E-state index in [1.165, 1.54) is 6.07 Å². The smallest absolute Gasteiger partial charge is 0.238 e. The first-order valence-electron chi connectivity index (χ1n) is 6.88. The second-order valence-corrected chi connectivity index (χ2v) is 5.54. The summed E-state index contributed by atoms with van der Waals surface area (Å²) in [5.41, 5.74) is 3.06. The van der Waals surface area contributed by atoms with E-state index >= 15 is 0 Å². The number of anilines is 1. The number of benzene rings is 1. The Labute approximate surface area is 133 Å². The molecule has 118 valence electrons. The average Bonchev–Trinajstić information content (AvgIpc) is 2.79. The van der Waals surface area contributed by atoms with Crippen molar-refractivity contribution in [2.24, 2.45) is 0 Å². The van der Waals surface area contributed by atoms with Gasteiger partial charge in [0.25, 0.3) is 0 Å². The number of hydrogen-bond donors (Lipinski definition) is 3. The Morgan fingerprint density at radius 2 is 2.18 bits per heavy atom. The number of H-pyrrole nitrogens is 1. The van der Waals surface area contributed by atoms with Crippen molar-refractivity contribution in [3.8, 4) is 0 Å². The fraction of sp³-hybridized carbons (Fsp3) is 0.333. The van der Waals surface area contributed by atoms with Gasteiger partial charge >= 0.3 is 0 Å². The summed E-state index contributed by atoms with van der Waals surface area (Å²) in [6.07, 6.45) is 0. The molecule has 2 rings (SSSR count). The molecule has 0 saturated carbocycles. The number of carbonyl (C=O) groups excluding carboxylic acids is 1. The Hall–Kier alpha value is -1.92. The maximum atomic E-state index is 13.1. The van der Waals surface area contributed by atoms with E-state index in [0.29, 0.717) is 5.69 Å². The maximum absolute atomic E-state index is 13.1. The van der Waals surface area contributed by atoms with Crippen molar-refractivity contribution in [2.75, 3.05) is 11.9 Å². The molecule has 3 N–H and O–H groups in total. The minimum Gasteiger partial charge on any atom is -0.322 e. The molecule has 0 aliphatic rings. The molecule has 0 bridgehead atoms. The third-order valence-corrected chi connectivity index (χ3v) is 3.69. The van der Waals surface area contributed by atoms with Crippen LogP contribution in [0.15, 0.2) is 18.2 Å². The molecule has 0 aliphatic heterocycles. The van der Waals surface area contributed by atoms with Crippen LogP contribution in [0, 0.1) is 19.7 Å². The van der Waals surface area contributed by atoms with Gasteiger partial charge in [-0.3, -0.25) is 9.89 Å². The summed E-state index contributed by atoms with van der Waals surface area (Å²) in [6, 6.07) is 4.38. The predicted octanol–water partition coefficient (Wildman–Crippen LogP) is 3.11. The first-order chi connectivity index (χ1) is 10.4. The van der Waals surface area contributed by atoms with Crippen LogP contribution in [0.1, 0.15) is 29.9 Å². The monoisotopic (exact) mass is 324 g/mol. The molecule has 5 nitrogen and oxygen atoms in total. The van der Waals surface area contributed by atoms with Crippen LogP contribution in [-0.2, 0) is 4.79 Å². The highest BCUT2D eigenvalue weighted by Crippen LogP contribution is 2.20. The lowest BCUT2D eigenvalue weighted by Gasteiger charge is -2.14. The lowest BCUT2D eigenvalue weighted by atomic mass is 10.1. The van der Waals surface area contributed by atoms with Gasteiger partial charge in [-0.15, -0.1) is 0 Å². The second kappa shape index (κ2) is 6.89. The van der Waals surface area contributed by atoms with Gasteiger partial charge in [0.1, 0.15) is 5.82 Å². The fourth-order valence-electron chi connectivity index (χ4n) is 2.06. The highest BCUT2D eigenvalue weighted by atomic mass is 35.5. The molecule has 0 radical (unpaired) electrons. The molecule has 0 saturated heterocycles. The zero-order chi connectivity index (χ0) is 16.3. The van der Waals surface area contributed by atoms with E-state index < -0.39 is 5.82 Å². The molecule has 2 aromatic rings. The van der Waals surface area contributed by atoms with E-state index in [1.807, 2.05) is 20.8 Å². The minimum absolute atomic E-state index is 0.0697. The molecule has 1 heterocycles. The third-order valence-electron chi connectivity index (χ3n) is 3.40. The third kappa shape index (κ3) is 3.84. The number of nitrogens with zero attached hydrogens (tertiary/aromatic N) is 1. The molecule has 0 spiro atoms. The van der Waals surface area contributed by atoms with E-state index in [1.54, 1.807) is 12.1 Å². The Balaban J connectivity index is 1.92. The quantitative estimate of drug-likeness (QED) is 0.791. The average molecular weight is 325 g/mol. The fourth-order valence-corrected chi connectivity index (χ4v) is 2.25. The van der Waals surface area contributed by atoms with Crippen molar-refractivity contribution in [1.82, 2.24) is 15.5 Å². The number of amides is 1. The molecular weight excluding hydrogens is 307 g/mol. The number of nitrogens with one attached hydrogen (secondary N) is 3. The minimum atomic E-state index is -0.457. The number of aryl methyl sites for hydroxylation is 2. The van der Waals surface area contributed by atoms with E-state index in [4.69, 9.17) is 11.6 Å². The molecule has 1 unspecified atom stereocenters. The topological polar surface area (TPSA) is 69.8 Å². The summed E-state index contributed by atoms with van der Waals surface area (Å²) < 4.78 is 13.1. The van der Waals surface area contributed by atoms with Crippen molar-refractivity contribution in [3.63, 3.8) is 0 Å². The van der Waals surface area contributed by atoms with E-state index in [0.717, 1.165) is 17.0 Å². The largest absolute Gasteiger partial charge is 0.322 e. The highest BCUT2D eigenvalue weighted by Gasteiger charge is 2.12. The van der Waals surface area contributed by atoms with E-state index in [9.17, 15) is 9.18 Å². The van der Waals surface area contributed by atoms with Crippen LogP contribution >= 0.6 is 11.6 Å². The van der Waals surface area contributed by atoms with Crippen molar-refractivity contribution in [1.29, 1.82) is 0 Å². The lowest BCUT2D eigenvalue weighted by Crippen LogP contribution is -2.30. The molecule has 1 aromatic heterocycles. The van der Waals surface area contributed by atoms with Crippen LogP contribution in [0.2, 0.25) is 5.02 Å². The van der Waals surface area contributed by atoms with E-state index in [2.05, 4.69) is 20.8 Å². The number of aromatic amines is 1. The number of hydrogen-bond acceptors (Lipinski definition) is 3. The summed E-state index contributed by atoms with van der Waals surface area (Å²) in [4.78, 5) is 12.0. The van der Waals surface area contributed by atoms with Gasteiger partial charge in [-0.2, -0.15) is 5.10 Å². The number of carbonyl (C=O) groups is 1. The van der Waals surface area contributed by atoms with Gasteiger partial charge in [0, 0.05) is 6.04 Å². The number of rotatable bonds is 5. The Morgan fingerprint density at radius 1 is 1.45 bits per heavy atom. The predicted molar refractivity (Wildman–Crippen MR) is 84.5 cm³/mol. The highest BCUT2D eigenvalue weighted by molar-refractivity contribution is 6.30. The number of halogens is 2. The van der Waals surface area contributed by atoms with E-state index in [-0.39, 0.29) is 23.5 Å². The first-order valence-corrected chi connectivity index (χ1v) is 7.26. The normalized spacial score (nSPS) is 12.2. The summed E-state index contributed by atoms with van der Waals surface area (Å²) in [6.45, 7) is 5.66. The summed E-state index contributed by atoms with van der Waals surface area (Å²) in [7, 11) is 0. The first kappa shape index (κ1) is 16.5. The van der Waals surface area contributed by atoms with Crippen LogP contribution < -0.4 is 10.6 Å². The molecule has 1 aromatic carbocycles. The number of aromatic nitrogens is 2. The van der Waals surface area contributed by atoms with Crippen molar-refractivity contribution < 1.29 is 9.18 Å². The van der Waals surface area contributed by atoms with Crippen LogP contribution in [-0.4, -0.2) is 22.6 Å². The van der Waals surface area contributed by atoms with Crippen molar-refractivity contribution in [3.05, 3.63) is 46.0 Å². The lowest BCUT2D eigenvalue weighted by molar-refractivity contribution is -0.115. The molecule has 7 heteroatoms. The molecule has 0 aliphatic carbocycles. The molecule has 22 heavy (non-hydrogen) atoms. The molecule has 1 atom stereocenters. The van der Waals surface area contributed by atoms with Crippen LogP contribution in [0.3, 0.4) is 0 Å². The van der Waals surface area contributed by atoms with Crippen molar-refractivity contribution >= 4 is 23.2 Å². The van der Waals surface area contributed by atoms with Gasteiger partial charge in [0.15, 0.2) is 0 Å². The SMILES string of the molecule is Cc1n[nH]c(C)c1NC(=O)CNC(C)c1ccc(F)c(Cl)c1. The van der Waals surface area contributed by atoms with Crippen LogP contribution in [0.5, 0.6) is 0 Å². The molecule has 1 amide bonds. The van der Waals surface area contributed by atoms with Gasteiger partial charge in [-0.1, -0.05) is 17.7 Å². The Bertz CT molecular complexity index is 667. The summed E-state index contributed by atoms with van der Waals surface area (Å²) >= 11 is 5.76. The standard InChI is InChI=1S/C15H18ClFN4O/c1-8(11-4-5-13(17)12(16)6-11)18-7-14(22)19-15-9(2)20-21-10(15)3/h4-6,8,18H,7H2,1-3H3,(H,19,22)(H,20,21). The van der Waals surface area contributed by atoms with Crippen LogP contribution in [0.25, 0.3) is 0 Å². The molecular formula is C15H18ClFN4O. The Kier molecular flexibility index (Phi) is 5.15. The second-order valence-electron chi connectivity index (χ2n) is 5.13. The van der Waals surface area contributed by atoms with Crippen molar-refractivity contribution in [2.45, 2.75) is 26.8 Å².